The molecule has 0 bridgehead atoms. The van der Waals surface area contributed by atoms with Gasteiger partial charge >= 0.3 is 0 Å². The molecule has 0 aliphatic carbocycles. The lowest BCUT2D eigenvalue weighted by Crippen LogP contribution is -2.41. The molecule has 1 aliphatic rings. The van der Waals surface area contributed by atoms with Gasteiger partial charge in [-0.3, -0.25) is 9.69 Å². The Hall–Kier alpha value is -0.330. The molecule has 0 unspecified atom stereocenters. The first-order valence-electron chi connectivity index (χ1n) is 7.76. The summed E-state index contributed by atoms with van der Waals surface area (Å²) < 4.78 is 0.901. The first-order chi connectivity index (χ1) is 10.6. The average molecular weight is 425 g/mol. The summed E-state index contributed by atoms with van der Waals surface area (Å²) in [6, 6.07) is 5.46. The van der Waals surface area contributed by atoms with Gasteiger partial charge in [0.05, 0.1) is 17.3 Å². The third-order valence-corrected chi connectivity index (χ3v) is 4.77. The fraction of sp³-hybridized carbons (Fsp3) is 0.562. The molecule has 130 valence electrons. The second-order valence-electron chi connectivity index (χ2n) is 5.70. The fourth-order valence-electron chi connectivity index (χ4n) is 2.68. The van der Waals surface area contributed by atoms with Gasteiger partial charge in [-0.2, -0.15) is 0 Å². The maximum absolute atomic E-state index is 12.1. The van der Waals surface area contributed by atoms with Crippen LogP contribution in [0.15, 0.2) is 22.7 Å². The molecule has 0 saturated carbocycles. The van der Waals surface area contributed by atoms with E-state index in [2.05, 4.69) is 38.4 Å². The lowest BCUT2D eigenvalue weighted by atomic mass is 9.97. The Morgan fingerprint density at radius 1 is 1.39 bits per heavy atom. The van der Waals surface area contributed by atoms with Crippen LogP contribution in [-0.4, -0.2) is 43.5 Å². The number of piperidine rings is 1. The van der Waals surface area contributed by atoms with E-state index in [1.807, 2.05) is 12.1 Å². The zero-order chi connectivity index (χ0) is 15.9. The molecule has 1 aromatic rings. The highest BCUT2D eigenvalue weighted by Crippen LogP contribution is 2.25. The van der Waals surface area contributed by atoms with Crippen molar-refractivity contribution in [3.8, 4) is 0 Å². The van der Waals surface area contributed by atoms with Crippen LogP contribution in [0.5, 0.6) is 0 Å². The number of hydrogen-bond acceptors (Lipinski definition) is 3. The molecule has 1 heterocycles. The molecule has 0 radical (unpaired) electrons. The Bertz CT molecular complexity index is 508. The quantitative estimate of drug-likeness (QED) is 0.730. The number of benzene rings is 1. The van der Waals surface area contributed by atoms with Gasteiger partial charge in [-0.25, -0.2) is 0 Å². The van der Waals surface area contributed by atoms with Gasteiger partial charge in [0, 0.05) is 4.47 Å². The number of amides is 1. The molecule has 2 rings (SSSR count). The zero-order valence-electron chi connectivity index (χ0n) is 13.3. The normalized spacial score (nSPS) is 16.0. The lowest BCUT2D eigenvalue weighted by molar-refractivity contribution is -0.117. The predicted octanol–water partition coefficient (Wildman–Crippen LogP) is 3.78. The van der Waals surface area contributed by atoms with Gasteiger partial charge in [0.25, 0.3) is 0 Å². The van der Waals surface area contributed by atoms with Gasteiger partial charge in [-0.15, -0.1) is 12.4 Å². The van der Waals surface area contributed by atoms with Crippen molar-refractivity contribution in [1.82, 2.24) is 10.2 Å². The molecule has 1 saturated heterocycles. The van der Waals surface area contributed by atoms with E-state index in [1.165, 1.54) is 0 Å². The number of halogens is 3. The van der Waals surface area contributed by atoms with E-state index in [4.69, 9.17) is 11.6 Å². The number of likely N-dealkylation sites (tertiary alicyclic amines) is 1. The molecule has 7 heteroatoms. The van der Waals surface area contributed by atoms with Crippen LogP contribution in [0.4, 0.5) is 5.69 Å². The molecule has 1 aliphatic heterocycles. The average Bonchev–Trinajstić information content (AvgIpc) is 2.49. The van der Waals surface area contributed by atoms with Crippen molar-refractivity contribution in [3.05, 3.63) is 27.7 Å². The summed E-state index contributed by atoms with van der Waals surface area (Å²) in [4.78, 5) is 14.3. The van der Waals surface area contributed by atoms with Gasteiger partial charge in [-0.1, -0.05) is 34.5 Å². The van der Waals surface area contributed by atoms with Crippen LogP contribution in [-0.2, 0) is 4.79 Å². The van der Waals surface area contributed by atoms with Crippen LogP contribution in [0.3, 0.4) is 0 Å². The third kappa shape index (κ3) is 6.98. The summed E-state index contributed by atoms with van der Waals surface area (Å²) in [7, 11) is 0. The van der Waals surface area contributed by atoms with Crippen molar-refractivity contribution < 1.29 is 4.79 Å². The van der Waals surface area contributed by atoms with Gasteiger partial charge in [-0.05, 0) is 63.1 Å². The number of rotatable bonds is 6. The zero-order valence-corrected chi connectivity index (χ0v) is 16.4. The Labute approximate surface area is 157 Å². The molecule has 4 nitrogen and oxygen atoms in total. The van der Waals surface area contributed by atoms with Gasteiger partial charge in [0.2, 0.25) is 5.91 Å². The summed E-state index contributed by atoms with van der Waals surface area (Å²) in [5.74, 6) is 0.731. The van der Waals surface area contributed by atoms with Crippen LogP contribution in [0.2, 0.25) is 5.02 Å². The Kier molecular flexibility index (Phi) is 9.47. The van der Waals surface area contributed by atoms with Crippen molar-refractivity contribution in [2.24, 2.45) is 5.92 Å². The van der Waals surface area contributed by atoms with E-state index in [-0.39, 0.29) is 18.3 Å². The van der Waals surface area contributed by atoms with E-state index < -0.39 is 0 Å². The Morgan fingerprint density at radius 2 is 2.09 bits per heavy atom. The SMILES string of the molecule is CCNCC1CCN(CC(=O)Nc2ccc(Br)cc2Cl)CC1.Cl. The maximum Gasteiger partial charge on any atom is 0.238 e. The van der Waals surface area contributed by atoms with Crippen molar-refractivity contribution in [1.29, 1.82) is 0 Å². The molecule has 1 aromatic carbocycles. The maximum atomic E-state index is 12.1. The van der Waals surface area contributed by atoms with Gasteiger partial charge in [0.1, 0.15) is 0 Å². The first kappa shape index (κ1) is 20.7. The summed E-state index contributed by atoms with van der Waals surface area (Å²) in [5.41, 5.74) is 0.664. The lowest BCUT2D eigenvalue weighted by Gasteiger charge is -2.31. The number of nitrogens with zero attached hydrogens (tertiary/aromatic N) is 1. The predicted molar refractivity (Wildman–Crippen MR) is 103 cm³/mol. The number of carbonyl (C=O) groups is 1. The van der Waals surface area contributed by atoms with Crippen molar-refractivity contribution >= 4 is 51.5 Å². The minimum Gasteiger partial charge on any atom is -0.324 e. The highest BCUT2D eigenvalue weighted by Gasteiger charge is 2.20. The standard InChI is InChI=1S/C16H23BrClN3O.ClH/c1-2-19-10-12-5-7-21(8-6-12)11-16(22)20-15-4-3-13(17)9-14(15)18;/h3-4,9,12,19H,2,5-8,10-11H2,1H3,(H,20,22);1H. The van der Waals surface area contributed by atoms with Crippen LogP contribution < -0.4 is 10.6 Å². The van der Waals surface area contributed by atoms with Crippen molar-refractivity contribution in [3.63, 3.8) is 0 Å². The molecule has 1 fully saturated rings. The van der Waals surface area contributed by atoms with Crippen LogP contribution in [0.1, 0.15) is 19.8 Å². The fourth-order valence-corrected chi connectivity index (χ4v) is 3.40. The van der Waals surface area contributed by atoms with E-state index in [1.54, 1.807) is 6.07 Å². The second kappa shape index (κ2) is 10.5. The molecule has 23 heavy (non-hydrogen) atoms. The van der Waals surface area contributed by atoms with Gasteiger partial charge in [0.15, 0.2) is 0 Å². The smallest absolute Gasteiger partial charge is 0.238 e. The molecular formula is C16H24BrCl2N3O. The van der Waals surface area contributed by atoms with E-state index >= 15 is 0 Å². The van der Waals surface area contributed by atoms with E-state index in [9.17, 15) is 4.79 Å². The molecular weight excluding hydrogens is 401 g/mol. The molecule has 1 amide bonds. The largest absolute Gasteiger partial charge is 0.324 e. The first-order valence-corrected chi connectivity index (χ1v) is 8.93. The number of anilines is 1. The summed E-state index contributed by atoms with van der Waals surface area (Å²) >= 11 is 9.47. The number of carbonyl (C=O) groups excluding carboxylic acids is 1. The van der Waals surface area contributed by atoms with Crippen LogP contribution in [0, 0.1) is 5.92 Å². The number of hydrogen-bond donors (Lipinski definition) is 2. The highest BCUT2D eigenvalue weighted by molar-refractivity contribution is 9.10. The molecule has 0 atom stereocenters. The Balaban J connectivity index is 0.00000264. The molecule has 2 N–H and O–H groups in total. The Morgan fingerprint density at radius 3 is 2.70 bits per heavy atom. The van der Waals surface area contributed by atoms with Crippen LogP contribution >= 0.6 is 39.9 Å². The molecule has 0 aromatic heterocycles. The summed E-state index contributed by atoms with van der Waals surface area (Å²) in [6.07, 6.45) is 2.30. The van der Waals surface area contributed by atoms with Crippen molar-refractivity contribution in [2.75, 3.05) is 38.0 Å². The van der Waals surface area contributed by atoms with Crippen molar-refractivity contribution in [2.45, 2.75) is 19.8 Å². The highest BCUT2D eigenvalue weighted by atomic mass is 79.9. The monoisotopic (exact) mass is 423 g/mol. The minimum absolute atomic E-state index is 0. The number of nitrogens with one attached hydrogen (secondary N) is 2. The molecule has 0 spiro atoms. The second-order valence-corrected chi connectivity index (χ2v) is 7.02. The topological polar surface area (TPSA) is 44.4 Å². The van der Waals surface area contributed by atoms with Crippen LogP contribution in [0.25, 0.3) is 0 Å². The van der Waals surface area contributed by atoms with E-state index in [0.717, 1.165) is 49.4 Å². The third-order valence-electron chi connectivity index (χ3n) is 3.96. The van der Waals surface area contributed by atoms with Gasteiger partial charge < -0.3 is 10.6 Å². The summed E-state index contributed by atoms with van der Waals surface area (Å²) in [6.45, 7) is 6.64. The van der Waals surface area contributed by atoms with E-state index in [0.29, 0.717) is 17.3 Å². The summed E-state index contributed by atoms with van der Waals surface area (Å²) in [5, 5.41) is 6.83. The minimum atomic E-state index is -0.00523.